The smallest absolute Gasteiger partial charge is 0.344 e. The molecular formula is C32H40O12. The third-order valence-corrected chi connectivity index (χ3v) is 10.6. The Hall–Kier alpha value is -3.80. The van der Waals surface area contributed by atoms with Gasteiger partial charge in [-0.25, -0.2) is 14.4 Å². The van der Waals surface area contributed by atoms with Crippen LogP contribution in [0.2, 0.25) is 0 Å². The van der Waals surface area contributed by atoms with Crippen LogP contribution in [0.25, 0.3) is 0 Å². The summed E-state index contributed by atoms with van der Waals surface area (Å²) in [6.07, 6.45) is 2.57. The summed E-state index contributed by atoms with van der Waals surface area (Å²) in [5.41, 5.74) is -13.9. The van der Waals surface area contributed by atoms with Gasteiger partial charge in [-0.2, -0.15) is 0 Å². The molecular weight excluding hydrogens is 576 g/mol. The van der Waals surface area contributed by atoms with E-state index < -0.39 is 87.2 Å². The Labute approximate surface area is 256 Å². The quantitative estimate of drug-likeness (QED) is 0.178. The number of carbonyl (C=O) groups excluding carboxylic acids is 6. The predicted molar refractivity (Wildman–Crippen MR) is 151 cm³/mol. The highest BCUT2D eigenvalue weighted by Crippen LogP contribution is 2.71. The van der Waals surface area contributed by atoms with E-state index in [4.69, 9.17) is 28.4 Å². The van der Waals surface area contributed by atoms with Gasteiger partial charge in [0, 0.05) is 18.6 Å². The summed E-state index contributed by atoms with van der Waals surface area (Å²) in [6, 6.07) is 0. The molecule has 2 bridgehead atoms. The van der Waals surface area contributed by atoms with E-state index in [0.717, 1.165) is 13.8 Å². The number of allylic oxidation sites excluding steroid dienone is 1. The van der Waals surface area contributed by atoms with Gasteiger partial charge in [-0.15, -0.1) is 0 Å². The van der Waals surface area contributed by atoms with Crippen LogP contribution in [0.3, 0.4) is 0 Å². The lowest BCUT2D eigenvalue weighted by Gasteiger charge is -2.58. The topological polar surface area (TPSA) is 158 Å². The van der Waals surface area contributed by atoms with Crippen molar-refractivity contribution in [3.8, 4) is 0 Å². The molecule has 44 heavy (non-hydrogen) atoms. The second-order valence-corrected chi connectivity index (χ2v) is 12.9. The summed E-state index contributed by atoms with van der Waals surface area (Å²) >= 11 is 0. The third-order valence-electron chi connectivity index (χ3n) is 10.6. The lowest BCUT2D eigenvalue weighted by molar-refractivity contribution is -0.239. The normalized spacial score (nSPS) is 40.6. The second-order valence-electron chi connectivity index (χ2n) is 12.9. The lowest BCUT2D eigenvalue weighted by atomic mass is 9.51. The van der Waals surface area contributed by atoms with Crippen molar-refractivity contribution in [3.63, 3.8) is 0 Å². The minimum atomic E-state index is -2.37. The van der Waals surface area contributed by atoms with Crippen molar-refractivity contribution in [2.24, 2.45) is 10.8 Å². The molecule has 0 aromatic heterocycles. The minimum absolute atomic E-state index is 0.00880. The number of rotatable bonds is 7. The van der Waals surface area contributed by atoms with E-state index in [1.807, 2.05) is 0 Å². The zero-order chi connectivity index (χ0) is 33.5. The van der Waals surface area contributed by atoms with Crippen molar-refractivity contribution in [1.82, 2.24) is 0 Å². The minimum Gasteiger partial charge on any atom is -0.461 e. The highest BCUT2D eigenvalue weighted by Gasteiger charge is 2.92. The summed E-state index contributed by atoms with van der Waals surface area (Å²) in [4.78, 5) is 80.7. The number of hydrogen-bond donors (Lipinski definition) is 0. The first kappa shape index (κ1) is 33.1. The maximum absolute atomic E-state index is 14.3. The maximum atomic E-state index is 14.3. The van der Waals surface area contributed by atoms with Crippen molar-refractivity contribution < 1.29 is 57.2 Å². The molecule has 12 heteroatoms. The van der Waals surface area contributed by atoms with Gasteiger partial charge in [0.2, 0.25) is 11.2 Å². The molecule has 4 rings (SSSR count). The zero-order valence-corrected chi connectivity index (χ0v) is 26.8. The second kappa shape index (κ2) is 9.85. The van der Waals surface area contributed by atoms with Crippen LogP contribution in [0, 0.1) is 10.8 Å². The monoisotopic (exact) mass is 616 g/mol. The molecule has 4 heterocycles. The number of ketones is 1. The van der Waals surface area contributed by atoms with Gasteiger partial charge in [-0.1, -0.05) is 25.7 Å². The predicted octanol–water partition coefficient (Wildman–Crippen LogP) is 3.01. The number of fused-ring (bicyclic) bond motifs is 1. The van der Waals surface area contributed by atoms with E-state index >= 15 is 0 Å². The van der Waals surface area contributed by atoms with Crippen molar-refractivity contribution in [3.05, 3.63) is 36.0 Å². The van der Waals surface area contributed by atoms with Crippen molar-refractivity contribution in [2.45, 2.75) is 110 Å². The first-order valence-electron chi connectivity index (χ1n) is 14.4. The Balaban J connectivity index is 2.27. The van der Waals surface area contributed by atoms with Gasteiger partial charge < -0.3 is 28.4 Å². The van der Waals surface area contributed by atoms with Crippen molar-refractivity contribution >= 4 is 35.6 Å². The average Bonchev–Trinajstić information content (AvgIpc) is 3.25. The van der Waals surface area contributed by atoms with Gasteiger partial charge in [0.1, 0.15) is 12.2 Å². The van der Waals surface area contributed by atoms with Crippen LogP contribution in [0.1, 0.15) is 75.7 Å². The fraction of sp³-hybridized carbons (Fsp3) is 0.625. The molecule has 240 valence electrons. The summed E-state index contributed by atoms with van der Waals surface area (Å²) < 4.78 is 36.1. The standard InChI is InChI=1S/C32H40O12/c1-12-17(3)22(36)42-29(11)28(10)24(37)39-16-31(28)25(38)43-27(9,19(5)33)23(40-20(6)34)32(29,44-31)18(4)30(13-2)15-14-21(35)41-26(30,7)8/h12,14-15,23H,4,13,16H2,1-3,5-11H3/b17-12+/t23-,27+,28+,29-,30-,31-,32?/m0/s1. The van der Waals surface area contributed by atoms with Gasteiger partial charge in [0.15, 0.2) is 28.5 Å². The molecule has 3 saturated heterocycles. The number of cyclic esters (lactones) is 3. The molecule has 1 spiro atoms. The molecule has 0 amide bonds. The molecule has 3 fully saturated rings. The number of hydrogen-bond acceptors (Lipinski definition) is 12. The molecule has 0 aromatic rings. The van der Waals surface area contributed by atoms with Crippen LogP contribution >= 0.6 is 0 Å². The third kappa shape index (κ3) is 3.66. The Morgan fingerprint density at radius 1 is 1.02 bits per heavy atom. The average molecular weight is 617 g/mol. The Kier molecular flexibility index (Phi) is 7.41. The molecule has 7 atom stereocenters. The SMILES string of the molecule is C=C(C12O[C@@]3(COC(=O)[C@]3(C)[C@]1(C)OC(=O)/C(C)=C/C)C(=O)O[C@](C)(C(C)=O)[C@@H]2OC(C)=O)[C@]1(CC)C=CC(=O)OC1(C)C. The fourth-order valence-electron chi connectivity index (χ4n) is 7.43. The molecule has 4 aliphatic heterocycles. The van der Waals surface area contributed by atoms with E-state index in [0.29, 0.717) is 0 Å². The Bertz CT molecular complexity index is 1450. The van der Waals surface area contributed by atoms with Crippen LogP contribution in [-0.4, -0.2) is 76.3 Å². The van der Waals surface area contributed by atoms with Crippen molar-refractivity contribution in [2.75, 3.05) is 6.61 Å². The van der Waals surface area contributed by atoms with Gasteiger partial charge in [-0.05, 0) is 67.4 Å². The van der Waals surface area contributed by atoms with Crippen LogP contribution in [0.5, 0.6) is 0 Å². The molecule has 0 aliphatic carbocycles. The maximum Gasteiger partial charge on any atom is 0.344 e. The molecule has 0 N–H and O–H groups in total. The van der Waals surface area contributed by atoms with Gasteiger partial charge >= 0.3 is 29.8 Å². The summed E-state index contributed by atoms with van der Waals surface area (Å²) in [7, 11) is 0. The fourth-order valence-corrected chi connectivity index (χ4v) is 7.43. The van der Waals surface area contributed by atoms with E-state index in [1.165, 1.54) is 39.8 Å². The molecule has 12 nitrogen and oxygen atoms in total. The van der Waals surface area contributed by atoms with E-state index in [9.17, 15) is 28.8 Å². The molecule has 0 aromatic carbocycles. The number of Topliss-reactive ketones (excluding diaryl/α,β-unsaturated/α-hetero) is 1. The first-order valence-corrected chi connectivity index (χ1v) is 14.4. The van der Waals surface area contributed by atoms with Crippen LogP contribution in [-0.2, 0) is 57.2 Å². The van der Waals surface area contributed by atoms with E-state index in [2.05, 4.69) is 6.58 Å². The molecule has 1 unspecified atom stereocenters. The molecule has 4 aliphatic rings. The first-order chi connectivity index (χ1) is 20.1. The van der Waals surface area contributed by atoms with Gasteiger partial charge in [-0.3, -0.25) is 14.4 Å². The van der Waals surface area contributed by atoms with Gasteiger partial charge in [0.25, 0.3) is 0 Å². The van der Waals surface area contributed by atoms with Crippen LogP contribution < -0.4 is 0 Å². The van der Waals surface area contributed by atoms with Crippen LogP contribution in [0.15, 0.2) is 36.0 Å². The number of ether oxygens (including phenoxy) is 6. The van der Waals surface area contributed by atoms with E-state index in [1.54, 1.807) is 33.8 Å². The Morgan fingerprint density at radius 2 is 1.64 bits per heavy atom. The molecule has 0 saturated carbocycles. The van der Waals surface area contributed by atoms with Crippen molar-refractivity contribution in [1.29, 1.82) is 0 Å². The zero-order valence-electron chi connectivity index (χ0n) is 26.8. The summed E-state index contributed by atoms with van der Waals surface area (Å²) in [6.45, 7) is 18.1. The lowest BCUT2D eigenvalue weighted by Crippen LogP contribution is -2.75. The Morgan fingerprint density at radius 3 is 2.14 bits per heavy atom. The summed E-state index contributed by atoms with van der Waals surface area (Å²) in [5, 5.41) is 0. The highest BCUT2D eigenvalue weighted by atomic mass is 16.7. The molecule has 0 radical (unpaired) electrons. The summed E-state index contributed by atoms with van der Waals surface area (Å²) in [5.74, 6) is -5.28. The van der Waals surface area contributed by atoms with Crippen LogP contribution in [0.4, 0.5) is 0 Å². The highest BCUT2D eigenvalue weighted by molar-refractivity contribution is 6.00. The largest absolute Gasteiger partial charge is 0.461 e. The van der Waals surface area contributed by atoms with E-state index in [-0.39, 0.29) is 17.6 Å². The number of carbonyl (C=O) groups is 6. The van der Waals surface area contributed by atoms with Gasteiger partial charge in [0.05, 0.1) is 5.41 Å². The number of esters is 5.